The SMILES string of the molecule is CCN1c2ccc(/C=C(\C#N)C(=O)Nc3cccc(C)c3)cc2C(C)=CC1(C)C. The molecule has 29 heavy (non-hydrogen) atoms. The van der Waals surface area contributed by atoms with Crippen molar-refractivity contribution in [3.8, 4) is 6.07 Å². The maximum Gasteiger partial charge on any atom is 0.266 e. The van der Waals surface area contributed by atoms with E-state index < -0.39 is 5.91 Å². The van der Waals surface area contributed by atoms with Crippen molar-refractivity contribution in [1.82, 2.24) is 0 Å². The Morgan fingerprint density at radius 3 is 2.62 bits per heavy atom. The number of carbonyl (C=O) groups excluding carboxylic acids is 1. The minimum atomic E-state index is -0.403. The molecule has 2 aromatic carbocycles. The van der Waals surface area contributed by atoms with Gasteiger partial charge in [0.15, 0.2) is 0 Å². The number of nitrogens with one attached hydrogen (secondary N) is 1. The van der Waals surface area contributed by atoms with Gasteiger partial charge in [-0.1, -0.05) is 24.3 Å². The molecule has 0 aliphatic carbocycles. The van der Waals surface area contributed by atoms with Gasteiger partial charge in [-0.25, -0.2) is 0 Å². The molecule has 0 aromatic heterocycles. The van der Waals surface area contributed by atoms with Crippen LogP contribution in [0.1, 0.15) is 44.4 Å². The third kappa shape index (κ3) is 4.25. The molecule has 0 atom stereocenters. The van der Waals surface area contributed by atoms with E-state index in [1.165, 1.54) is 11.3 Å². The van der Waals surface area contributed by atoms with E-state index >= 15 is 0 Å². The Bertz CT molecular complexity index is 1050. The predicted octanol–water partition coefficient (Wildman–Crippen LogP) is 5.56. The monoisotopic (exact) mass is 385 g/mol. The zero-order chi connectivity index (χ0) is 21.2. The summed E-state index contributed by atoms with van der Waals surface area (Å²) < 4.78 is 0. The van der Waals surface area contributed by atoms with Gasteiger partial charge in [0.25, 0.3) is 5.91 Å². The standard InChI is InChI=1S/C25H27N3O/c1-6-28-23-11-10-19(14-22(23)18(3)15-25(28,4)5)13-20(16-26)24(29)27-21-9-7-8-17(2)12-21/h7-15H,6H2,1-5H3,(H,27,29)/b20-13+. The molecule has 3 rings (SSSR count). The van der Waals surface area contributed by atoms with Gasteiger partial charge in [0, 0.05) is 23.5 Å². The van der Waals surface area contributed by atoms with E-state index in [1.807, 2.05) is 43.3 Å². The molecule has 0 spiro atoms. The summed E-state index contributed by atoms with van der Waals surface area (Å²) in [4.78, 5) is 14.9. The van der Waals surface area contributed by atoms with E-state index in [4.69, 9.17) is 0 Å². The smallest absolute Gasteiger partial charge is 0.266 e. The first kappa shape index (κ1) is 20.4. The first-order valence-electron chi connectivity index (χ1n) is 9.86. The average Bonchev–Trinajstić information content (AvgIpc) is 2.66. The summed E-state index contributed by atoms with van der Waals surface area (Å²) in [6.45, 7) is 11.5. The van der Waals surface area contributed by atoms with Gasteiger partial charge >= 0.3 is 0 Å². The molecular weight excluding hydrogens is 358 g/mol. The van der Waals surface area contributed by atoms with Crippen molar-refractivity contribution in [3.05, 3.63) is 70.8 Å². The fourth-order valence-electron chi connectivity index (χ4n) is 4.00. The van der Waals surface area contributed by atoms with Crippen molar-refractivity contribution >= 4 is 28.9 Å². The number of fused-ring (bicyclic) bond motifs is 1. The van der Waals surface area contributed by atoms with E-state index in [0.717, 1.165) is 23.2 Å². The van der Waals surface area contributed by atoms with Crippen molar-refractivity contribution in [2.75, 3.05) is 16.8 Å². The third-order valence-corrected chi connectivity index (χ3v) is 5.27. The predicted molar refractivity (Wildman–Crippen MR) is 121 cm³/mol. The number of carbonyl (C=O) groups is 1. The second kappa shape index (κ2) is 7.97. The van der Waals surface area contributed by atoms with E-state index in [9.17, 15) is 10.1 Å². The Kier molecular flexibility index (Phi) is 5.61. The number of likely N-dealkylation sites (N-methyl/N-ethyl adjacent to an activating group) is 1. The number of amides is 1. The summed E-state index contributed by atoms with van der Waals surface area (Å²) in [5.74, 6) is -0.403. The highest BCUT2D eigenvalue weighted by atomic mass is 16.1. The average molecular weight is 386 g/mol. The Morgan fingerprint density at radius 1 is 1.21 bits per heavy atom. The normalized spacial score (nSPS) is 15.2. The van der Waals surface area contributed by atoms with Crippen molar-refractivity contribution < 1.29 is 4.79 Å². The van der Waals surface area contributed by atoms with Crippen LogP contribution in [0.4, 0.5) is 11.4 Å². The molecule has 148 valence electrons. The lowest BCUT2D eigenvalue weighted by atomic mass is 9.88. The quantitative estimate of drug-likeness (QED) is 0.553. The molecule has 4 nitrogen and oxygen atoms in total. The second-order valence-electron chi connectivity index (χ2n) is 8.00. The summed E-state index contributed by atoms with van der Waals surface area (Å²) in [7, 11) is 0. The van der Waals surface area contributed by atoms with Gasteiger partial charge in [0.2, 0.25) is 0 Å². The van der Waals surface area contributed by atoms with Crippen LogP contribution < -0.4 is 10.2 Å². The van der Waals surface area contributed by atoms with Crippen LogP contribution in [0.25, 0.3) is 11.6 Å². The van der Waals surface area contributed by atoms with E-state index in [-0.39, 0.29) is 11.1 Å². The maximum atomic E-state index is 12.6. The summed E-state index contributed by atoms with van der Waals surface area (Å²) in [6, 6.07) is 15.7. The molecule has 2 aromatic rings. The maximum absolute atomic E-state index is 12.6. The topological polar surface area (TPSA) is 56.1 Å². The Morgan fingerprint density at radius 2 is 1.97 bits per heavy atom. The van der Waals surface area contributed by atoms with Crippen LogP contribution >= 0.6 is 0 Å². The molecule has 0 saturated carbocycles. The first-order chi connectivity index (χ1) is 13.7. The lowest BCUT2D eigenvalue weighted by Crippen LogP contribution is -2.44. The second-order valence-corrected chi connectivity index (χ2v) is 8.00. The van der Waals surface area contributed by atoms with Gasteiger partial charge in [-0.3, -0.25) is 4.79 Å². The highest BCUT2D eigenvalue weighted by molar-refractivity contribution is 6.09. The zero-order valence-electron chi connectivity index (χ0n) is 17.7. The number of hydrogen-bond donors (Lipinski definition) is 1. The minimum Gasteiger partial charge on any atom is -0.363 e. The van der Waals surface area contributed by atoms with Crippen molar-refractivity contribution in [3.63, 3.8) is 0 Å². The molecule has 1 amide bonds. The molecule has 4 heteroatoms. The molecule has 0 bridgehead atoms. The van der Waals surface area contributed by atoms with Crippen LogP contribution in [-0.2, 0) is 4.79 Å². The molecule has 0 saturated heterocycles. The van der Waals surface area contributed by atoms with E-state index in [2.05, 4.69) is 56.1 Å². The van der Waals surface area contributed by atoms with Crippen LogP contribution in [-0.4, -0.2) is 18.0 Å². The number of rotatable bonds is 4. The fourth-order valence-corrected chi connectivity index (χ4v) is 4.00. The van der Waals surface area contributed by atoms with Crippen LogP contribution in [0.3, 0.4) is 0 Å². The number of allylic oxidation sites excluding steroid dienone is 1. The van der Waals surface area contributed by atoms with Crippen LogP contribution in [0.15, 0.2) is 54.1 Å². The van der Waals surface area contributed by atoms with E-state index in [0.29, 0.717) is 5.69 Å². The van der Waals surface area contributed by atoms with Gasteiger partial charge in [0.05, 0.1) is 5.54 Å². The zero-order valence-corrected chi connectivity index (χ0v) is 17.7. The largest absolute Gasteiger partial charge is 0.363 e. The number of hydrogen-bond acceptors (Lipinski definition) is 3. The minimum absolute atomic E-state index is 0.0469. The number of nitrogens with zero attached hydrogens (tertiary/aromatic N) is 2. The molecule has 1 N–H and O–H groups in total. The molecule has 1 aliphatic rings. The van der Waals surface area contributed by atoms with Gasteiger partial charge < -0.3 is 10.2 Å². The summed E-state index contributed by atoms with van der Waals surface area (Å²) in [5.41, 5.74) is 6.11. The number of anilines is 2. The number of nitriles is 1. The molecule has 0 unspecified atom stereocenters. The molecule has 0 radical (unpaired) electrons. The first-order valence-corrected chi connectivity index (χ1v) is 9.86. The highest BCUT2D eigenvalue weighted by Crippen LogP contribution is 2.39. The van der Waals surface area contributed by atoms with Crippen LogP contribution in [0.5, 0.6) is 0 Å². The van der Waals surface area contributed by atoms with E-state index in [1.54, 1.807) is 6.08 Å². The van der Waals surface area contributed by atoms with Gasteiger partial charge in [-0.15, -0.1) is 0 Å². The highest BCUT2D eigenvalue weighted by Gasteiger charge is 2.30. The van der Waals surface area contributed by atoms with Gasteiger partial charge in [-0.05, 0) is 81.7 Å². The number of aryl methyl sites for hydroxylation is 1. The summed E-state index contributed by atoms with van der Waals surface area (Å²) in [6.07, 6.45) is 3.91. The summed E-state index contributed by atoms with van der Waals surface area (Å²) >= 11 is 0. The van der Waals surface area contributed by atoms with Crippen molar-refractivity contribution in [2.45, 2.75) is 40.2 Å². The molecule has 1 heterocycles. The van der Waals surface area contributed by atoms with Gasteiger partial charge in [-0.2, -0.15) is 5.26 Å². The molecular formula is C25H27N3O. The lowest BCUT2D eigenvalue weighted by molar-refractivity contribution is -0.112. The van der Waals surface area contributed by atoms with Crippen LogP contribution in [0, 0.1) is 18.3 Å². The Balaban J connectivity index is 1.92. The molecule has 0 fully saturated rings. The van der Waals surface area contributed by atoms with Crippen molar-refractivity contribution in [1.29, 1.82) is 5.26 Å². The van der Waals surface area contributed by atoms with Gasteiger partial charge in [0.1, 0.15) is 11.6 Å². The Labute approximate surface area is 173 Å². The van der Waals surface area contributed by atoms with Crippen LogP contribution in [0.2, 0.25) is 0 Å². The number of benzene rings is 2. The fraction of sp³-hybridized carbons (Fsp3) is 0.280. The molecule has 1 aliphatic heterocycles. The Hall–Kier alpha value is -3.32. The van der Waals surface area contributed by atoms with Crippen molar-refractivity contribution in [2.24, 2.45) is 0 Å². The summed E-state index contributed by atoms with van der Waals surface area (Å²) in [5, 5.41) is 12.3. The lowest BCUT2D eigenvalue weighted by Gasteiger charge is -2.42. The third-order valence-electron chi connectivity index (χ3n) is 5.27.